The number of carbonyl (C=O) groups is 4. The van der Waals surface area contributed by atoms with Crippen molar-refractivity contribution in [3.8, 4) is 0 Å². The Morgan fingerprint density at radius 3 is 2.50 bits per heavy atom. The molecular formula is C30H34N4O4. The fourth-order valence-corrected chi connectivity index (χ4v) is 6.43. The Hall–Kier alpha value is -3.52. The van der Waals surface area contributed by atoms with Gasteiger partial charge in [0.1, 0.15) is 6.04 Å². The molecule has 3 fully saturated rings. The lowest BCUT2D eigenvalue weighted by Gasteiger charge is -2.33. The minimum Gasteiger partial charge on any atom is -0.322 e. The van der Waals surface area contributed by atoms with Crippen LogP contribution in [-0.2, 0) is 27.5 Å². The lowest BCUT2D eigenvalue weighted by atomic mass is 9.87. The van der Waals surface area contributed by atoms with Crippen LogP contribution in [0.15, 0.2) is 42.5 Å². The number of carbonyl (C=O) groups excluding carboxylic acids is 4. The van der Waals surface area contributed by atoms with E-state index in [1.807, 2.05) is 17.0 Å². The molecular weight excluding hydrogens is 480 g/mol. The molecule has 1 N–H and O–H groups in total. The van der Waals surface area contributed by atoms with Crippen molar-refractivity contribution >= 4 is 29.3 Å². The Balaban J connectivity index is 1.07. The molecule has 3 saturated heterocycles. The molecule has 38 heavy (non-hydrogen) atoms. The Labute approximate surface area is 223 Å². The van der Waals surface area contributed by atoms with Gasteiger partial charge in [0, 0.05) is 43.7 Å². The first-order valence-corrected chi connectivity index (χ1v) is 13.9. The highest BCUT2D eigenvalue weighted by molar-refractivity contribution is 6.05. The first-order chi connectivity index (χ1) is 18.5. The van der Waals surface area contributed by atoms with E-state index in [1.165, 1.54) is 11.1 Å². The molecule has 0 aliphatic carbocycles. The van der Waals surface area contributed by atoms with E-state index in [9.17, 15) is 19.2 Å². The van der Waals surface area contributed by atoms with E-state index in [-0.39, 0.29) is 30.0 Å². The van der Waals surface area contributed by atoms with E-state index < -0.39 is 6.04 Å². The third kappa shape index (κ3) is 4.85. The summed E-state index contributed by atoms with van der Waals surface area (Å²) in [5.74, 6) is -0.0969. The number of imide groups is 1. The third-order valence-electron chi connectivity index (χ3n) is 8.56. The average molecular weight is 515 g/mol. The Kier molecular flexibility index (Phi) is 6.74. The monoisotopic (exact) mass is 514 g/mol. The van der Waals surface area contributed by atoms with Crippen LogP contribution in [0.25, 0.3) is 0 Å². The number of rotatable bonds is 5. The zero-order valence-electron chi connectivity index (χ0n) is 21.7. The van der Waals surface area contributed by atoms with Crippen LogP contribution in [0.1, 0.15) is 77.9 Å². The number of likely N-dealkylation sites (tertiary alicyclic amines) is 1. The SMILES string of the molecule is O=C1CCC(N2Cc3cc(C4CCN(Cc5cccc(N6CCCCC6=O)c5)CC4)ccc3C2=O)C(=O)N1. The molecule has 4 aliphatic heterocycles. The number of fused-ring (bicyclic) bond motifs is 1. The molecule has 0 saturated carbocycles. The van der Waals surface area contributed by atoms with Gasteiger partial charge in [0.2, 0.25) is 17.7 Å². The summed E-state index contributed by atoms with van der Waals surface area (Å²) in [7, 11) is 0. The summed E-state index contributed by atoms with van der Waals surface area (Å²) in [4.78, 5) is 55.2. The van der Waals surface area contributed by atoms with E-state index in [1.54, 1.807) is 4.90 Å². The Morgan fingerprint density at radius 2 is 1.71 bits per heavy atom. The minimum absolute atomic E-state index is 0.121. The van der Waals surface area contributed by atoms with E-state index in [2.05, 4.69) is 40.5 Å². The zero-order chi connectivity index (χ0) is 26.2. The first kappa shape index (κ1) is 24.8. The van der Waals surface area contributed by atoms with Crippen LogP contribution in [0.2, 0.25) is 0 Å². The topological polar surface area (TPSA) is 90.0 Å². The lowest BCUT2D eigenvalue weighted by Crippen LogP contribution is -2.52. The zero-order valence-corrected chi connectivity index (χ0v) is 21.7. The highest BCUT2D eigenvalue weighted by Crippen LogP contribution is 2.34. The standard InChI is InChI=1S/C30H34N4O4/c35-27-10-9-26(29(37)31-27)34-19-23-17-22(7-8-25(23)30(34)38)21-11-14-32(15-12-21)18-20-4-3-5-24(16-20)33-13-2-1-6-28(33)36/h3-5,7-8,16-17,21,26H,1-2,6,9-15,18-19H2,(H,31,35,37). The van der Waals surface area contributed by atoms with Gasteiger partial charge in [-0.15, -0.1) is 0 Å². The normalized spacial score (nSPS) is 23.1. The molecule has 0 radical (unpaired) electrons. The van der Waals surface area contributed by atoms with Crippen LogP contribution in [0, 0.1) is 0 Å². The number of benzene rings is 2. The summed E-state index contributed by atoms with van der Waals surface area (Å²) in [6.45, 7) is 4.10. The smallest absolute Gasteiger partial charge is 0.255 e. The van der Waals surface area contributed by atoms with Crippen molar-refractivity contribution in [1.29, 1.82) is 0 Å². The van der Waals surface area contributed by atoms with Crippen molar-refractivity contribution in [3.63, 3.8) is 0 Å². The molecule has 0 bridgehead atoms. The molecule has 2 aromatic rings. The molecule has 8 heteroatoms. The minimum atomic E-state index is -0.578. The summed E-state index contributed by atoms with van der Waals surface area (Å²) in [6, 6.07) is 14.0. The predicted octanol–water partition coefficient (Wildman–Crippen LogP) is 3.34. The van der Waals surface area contributed by atoms with Gasteiger partial charge in [-0.2, -0.15) is 0 Å². The molecule has 1 atom stereocenters. The fourth-order valence-electron chi connectivity index (χ4n) is 6.43. The van der Waals surface area contributed by atoms with Crippen LogP contribution < -0.4 is 10.2 Å². The summed E-state index contributed by atoms with van der Waals surface area (Å²) in [5, 5.41) is 2.37. The number of piperidine rings is 3. The highest BCUT2D eigenvalue weighted by Gasteiger charge is 2.39. The molecule has 4 aliphatic rings. The summed E-state index contributed by atoms with van der Waals surface area (Å²) in [5.41, 5.74) is 5.16. The van der Waals surface area contributed by atoms with Gasteiger partial charge in [0.05, 0.1) is 0 Å². The van der Waals surface area contributed by atoms with Gasteiger partial charge in [-0.3, -0.25) is 29.4 Å². The summed E-state index contributed by atoms with van der Waals surface area (Å²) in [6.07, 6.45) is 5.44. The maximum absolute atomic E-state index is 13.0. The average Bonchev–Trinajstić information content (AvgIpc) is 3.25. The Bertz CT molecular complexity index is 1280. The lowest BCUT2D eigenvalue weighted by molar-refractivity contribution is -0.137. The molecule has 4 amide bonds. The maximum Gasteiger partial charge on any atom is 0.255 e. The van der Waals surface area contributed by atoms with E-state index in [0.29, 0.717) is 30.9 Å². The molecule has 2 aromatic carbocycles. The van der Waals surface area contributed by atoms with E-state index in [0.717, 1.165) is 63.1 Å². The molecule has 8 nitrogen and oxygen atoms in total. The fraction of sp³-hybridized carbons (Fsp3) is 0.467. The highest BCUT2D eigenvalue weighted by atomic mass is 16.2. The molecule has 4 heterocycles. The van der Waals surface area contributed by atoms with Crippen molar-refractivity contribution in [3.05, 3.63) is 64.7 Å². The second kappa shape index (κ2) is 10.3. The molecule has 198 valence electrons. The molecule has 6 rings (SSSR count). The van der Waals surface area contributed by atoms with Crippen LogP contribution in [-0.4, -0.2) is 59.1 Å². The number of hydrogen-bond acceptors (Lipinski definition) is 5. The van der Waals surface area contributed by atoms with Gasteiger partial charge in [0.15, 0.2) is 0 Å². The van der Waals surface area contributed by atoms with Gasteiger partial charge >= 0.3 is 0 Å². The van der Waals surface area contributed by atoms with E-state index in [4.69, 9.17) is 0 Å². The van der Waals surface area contributed by atoms with Gasteiger partial charge in [0.25, 0.3) is 5.91 Å². The van der Waals surface area contributed by atoms with Gasteiger partial charge in [-0.1, -0.05) is 24.3 Å². The number of amides is 4. The van der Waals surface area contributed by atoms with Gasteiger partial charge < -0.3 is 9.80 Å². The van der Waals surface area contributed by atoms with Crippen LogP contribution >= 0.6 is 0 Å². The largest absolute Gasteiger partial charge is 0.322 e. The van der Waals surface area contributed by atoms with Crippen molar-refractivity contribution in [2.75, 3.05) is 24.5 Å². The van der Waals surface area contributed by atoms with Crippen molar-refractivity contribution < 1.29 is 19.2 Å². The number of nitrogens with zero attached hydrogens (tertiary/aromatic N) is 3. The second-order valence-electron chi connectivity index (χ2n) is 11.0. The van der Waals surface area contributed by atoms with Crippen molar-refractivity contribution in [1.82, 2.24) is 15.1 Å². The summed E-state index contributed by atoms with van der Waals surface area (Å²) >= 11 is 0. The molecule has 0 aromatic heterocycles. The number of anilines is 1. The van der Waals surface area contributed by atoms with E-state index >= 15 is 0 Å². The predicted molar refractivity (Wildman–Crippen MR) is 142 cm³/mol. The van der Waals surface area contributed by atoms with Crippen LogP contribution in [0.3, 0.4) is 0 Å². The number of hydrogen-bond donors (Lipinski definition) is 1. The molecule has 1 unspecified atom stereocenters. The molecule has 0 spiro atoms. The van der Waals surface area contributed by atoms with Crippen molar-refractivity contribution in [2.24, 2.45) is 0 Å². The quantitative estimate of drug-likeness (QED) is 0.618. The van der Waals surface area contributed by atoms with Crippen molar-refractivity contribution in [2.45, 2.75) is 70.0 Å². The third-order valence-corrected chi connectivity index (χ3v) is 8.56. The second-order valence-corrected chi connectivity index (χ2v) is 11.0. The number of nitrogens with one attached hydrogen (secondary N) is 1. The Morgan fingerprint density at radius 1 is 0.868 bits per heavy atom. The van der Waals surface area contributed by atoms with Crippen LogP contribution in [0.4, 0.5) is 5.69 Å². The summed E-state index contributed by atoms with van der Waals surface area (Å²) < 4.78 is 0. The van der Waals surface area contributed by atoms with Gasteiger partial charge in [-0.25, -0.2) is 0 Å². The first-order valence-electron chi connectivity index (χ1n) is 13.9. The maximum atomic E-state index is 13.0. The van der Waals surface area contributed by atoms with Gasteiger partial charge in [-0.05, 0) is 86.0 Å². The van der Waals surface area contributed by atoms with Crippen LogP contribution in [0.5, 0.6) is 0 Å².